The molecule has 0 amide bonds. The Balaban J connectivity index is 1.55. The van der Waals surface area contributed by atoms with Crippen molar-refractivity contribution < 1.29 is 0 Å². The van der Waals surface area contributed by atoms with Gasteiger partial charge in [0.25, 0.3) is 0 Å². The number of thioether (sulfide) groups is 1. The first-order chi connectivity index (χ1) is 9.36. The maximum atomic E-state index is 4.06. The van der Waals surface area contributed by atoms with Gasteiger partial charge in [0.15, 0.2) is 0 Å². The Labute approximate surface area is 122 Å². The molecule has 2 N–H and O–H groups in total. The second-order valence-electron chi connectivity index (χ2n) is 6.79. The van der Waals surface area contributed by atoms with E-state index in [0.29, 0.717) is 0 Å². The molecule has 0 aromatic rings. The lowest BCUT2D eigenvalue weighted by Crippen LogP contribution is -2.49. The second-order valence-corrected chi connectivity index (χ2v) is 7.93. The Kier molecular flexibility index (Phi) is 5.10. The molecule has 0 aromatic heterocycles. The van der Waals surface area contributed by atoms with Gasteiger partial charge >= 0.3 is 0 Å². The lowest BCUT2D eigenvalue weighted by molar-refractivity contribution is 0.201. The van der Waals surface area contributed by atoms with Crippen LogP contribution < -0.4 is 10.6 Å². The van der Waals surface area contributed by atoms with Gasteiger partial charge in [0.1, 0.15) is 0 Å². The van der Waals surface area contributed by atoms with Crippen molar-refractivity contribution in [3.8, 4) is 0 Å². The summed E-state index contributed by atoms with van der Waals surface area (Å²) in [7, 11) is 0. The van der Waals surface area contributed by atoms with Gasteiger partial charge in [-0.05, 0) is 63.7 Å². The van der Waals surface area contributed by atoms with Crippen LogP contribution in [0.3, 0.4) is 0 Å². The molecule has 19 heavy (non-hydrogen) atoms. The van der Waals surface area contributed by atoms with Crippen LogP contribution in [-0.2, 0) is 0 Å². The molecule has 0 aromatic carbocycles. The van der Waals surface area contributed by atoms with E-state index in [1.165, 1.54) is 64.3 Å². The Bertz CT molecular complexity index is 278. The molecule has 3 fully saturated rings. The zero-order valence-corrected chi connectivity index (χ0v) is 13.2. The summed E-state index contributed by atoms with van der Waals surface area (Å²) in [4.78, 5) is 0. The number of hydrogen-bond donors (Lipinski definition) is 2. The Hall–Kier alpha value is 0.270. The van der Waals surface area contributed by atoms with Crippen LogP contribution in [0.4, 0.5) is 0 Å². The zero-order chi connectivity index (χ0) is 13.1. The van der Waals surface area contributed by atoms with E-state index < -0.39 is 0 Å². The molecule has 1 aliphatic heterocycles. The van der Waals surface area contributed by atoms with E-state index in [0.717, 1.165) is 29.3 Å². The van der Waals surface area contributed by atoms with Crippen LogP contribution in [0.2, 0.25) is 0 Å². The van der Waals surface area contributed by atoms with Gasteiger partial charge in [-0.25, -0.2) is 0 Å². The molecule has 3 heteroatoms. The second kappa shape index (κ2) is 6.82. The first kappa shape index (κ1) is 14.2. The monoisotopic (exact) mass is 282 g/mol. The Morgan fingerprint density at radius 2 is 1.89 bits per heavy atom. The summed E-state index contributed by atoms with van der Waals surface area (Å²) in [5.74, 6) is 0.907. The van der Waals surface area contributed by atoms with E-state index in [-0.39, 0.29) is 0 Å². The van der Waals surface area contributed by atoms with Crippen LogP contribution >= 0.6 is 11.8 Å². The number of hydrogen-bond acceptors (Lipinski definition) is 3. The van der Waals surface area contributed by atoms with Crippen molar-refractivity contribution in [2.75, 3.05) is 12.8 Å². The molecule has 1 saturated heterocycles. The molecule has 3 aliphatic rings. The highest BCUT2D eigenvalue weighted by Gasteiger charge is 2.35. The minimum atomic E-state index is 0.801. The molecular weight excluding hydrogens is 252 g/mol. The van der Waals surface area contributed by atoms with Gasteiger partial charge in [0.05, 0.1) is 0 Å². The minimum Gasteiger partial charge on any atom is -0.314 e. The normalized spacial score (nSPS) is 43.7. The lowest BCUT2D eigenvalue weighted by atomic mass is 9.79. The first-order valence-corrected chi connectivity index (χ1v) is 9.68. The summed E-state index contributed by atoms with van der Waals surface area (Å²) in [5.41, 5.74) is 0. The van der Waals surface area contributed by atoms with Crippen molar-refractivity contribution in [3.05, 3.63) is 0 Å². The van der Waals surface area contributed by atoms with Gasteiger partial charge in [0.2, 0.25) is 0 Å². The molecule has 2 aliphatic carbocycles. The van der Waals surface area contributed by atoms with Crippen LogP contribution in [0.25, 0.3) is 0 Å². The third-order valence-corrected chi connectivity index (χ3v) is 6.70. The van der Waals surface area contributed by atoms with Crippen molar-refractivity contribution >= 4 is 11.8 Å². The topological polar surface area (TPSA) is 24.1 Å². The quantitative estimate of drug-likeness (QED) is 0.828. The molecular formula is C16H30N2S. The van der Waals surface area contributed by atoms with E-state index in [1.807, 2.05) is 0 Å². The molecule has 0 radical (unpaired) electrons. The van der Waals surface area contributed by atoms with Crippen LogP contribution in [0.5, 0.6) is 0 Å². The highest BCUT2D eigenvalue weighted by Crippen LogP contribution is 2.34. The van der Waals surface area contributed by atoms with E-state index in [1.54, 1.807) is 0 Å². The lowest BCUT2D eigenvalue weighted by Gasteiger charge is -2.38. The number of nitrogens with one attached hydrogen (secondary N) is 2. The molecule has 110 valence electrons. The van der Waals surface area contributed by atoms with Crippen molar-refractivity contribution in [1.29, 1.82) is 0 Å². The molecule has 0 bridgehead atoms. The average molecular weight is 282 g/mol. The fraction of sp³-hybridized carbons (Fsp3) is 1.00. The highest BCUT2D eigenvalue weighted by atomic mass is 32.2. The van der Waals surface area contributed by atoms with Crippen molar-refractivity contribution in [3.63, 3.8) is 0 Å². The van der Waals surface area contributed by atoms with E-state index in [2.05, 4.69) is 28.7 Å². The van der Waals surface area contributed by atoms with Crippen LogP contribution in [0.15, 0.2) is 0 Å². The largest absolute Gasteiger partial charge is 0.314 e. The smallest absolute Gasteiger partial charge is 0.0113 e. The number of rotatable bonds is 4. The summed E-state index contributed by atoms with van der Waals surface area (Å²) >= 11 is 2.07. The van der Waals surface area contributed by atoms with Gasteiger partial charge in [-0.1, -0.05) is 12.8 Å². The van der Waals surface area contributed by atoms with Crippen molar-refractivity contribution in [2.45, 2.75) is 81.2 Å². The first-order valence-electron chi connectivity index (χ1n) is 8.39. The van der Waals surface area contributed by atoms with Gasteiger partial charge in [-0.3, -0.25) is 0 Å². The fourth-order valence-corrected chi connectivity index (χ4v) is 5.33. The van der Waals surface area contributed by atoms with E-state index in [9.17, 15) is 0 Å². The zero-order valence-electron chi connectivity index (χ0n) is 12.4. The maximum absolute atomic E-state index is 4.06. The predicted molar refractivity (Wildman–Crippen MR) is 84.8 cm³/mol. The third-order valence-electron chi connectivity index (χ3n) is 5.60. The summed E-state index contributed by atoms with van der Waals surface area (Å²) in [6, 6.07) is 2.43. The van der Waals surface area contributed by atoms with Crippen LogP contribution in [0, 0.1) is 5.92 Å². The molecule has 2 nitrogen and oxygen atoms in total. The van der Waals surface area contributed by atoms with Gasteiger partial charge in [0, 0.05) is 23.4 Å². The molecule has 5 atom stereocenters. The van der Waals surface area contributed by atoms with Crippen molar-refractivity contribution in [1.82, 2.24) is 10.6 Å². The van der Waals surface area contributed by atoms with Crippen LogP contribution in [-0.4, -0.2) is 36.2 Å². The molecule has 2 saturated carbocycles. The Morgan fingerprint density at radius 3 is 2.63 bits per heavy atom. The molecule has 5 unspecified atom stereocenters. The van der Waals surface area contributed by atoms with E-state index >= 15 is 0 Å². The summed E-state index contributed by atoms with van der Waals surface area (Å²) < 4.78 is 0. The third kappa shape index (κ3) is 3.48. The SMILES string of the molecule is CSC1CCC(NC2CCCCC2C2CCCN2)C1. The van der Waals surface area contributed by atoms with Gasteiger partial charge < -0.3 is 10.6 Å². The predicted octanol–water partition coefficient (Wildman–Crippen LogP) is 3.17. The van der Waals surface area contributed by atoms with Crippen molar-refractivity contribution in [2.24, 2.45) is 5.92 Å². The molecule has 3 rings (SSSR count). The summed E-state index contributed by atoms with van der Waals surface area (Å²) in [5, 5.41) is 8.73. The summed E-state index contributed by atoms with van der Waals surface area (Å²) in [6.07, 6.45) is 15.1. The molecule has 0 spiro atoms. The van der Waals surface area contributed by atoms with Crippen LogP contribution in [0.1, 0.15) is 57.8 Å². The maximum Gasteiger partial charge on any atom is 0.0113 e. The standard InChI is InChI=1S/C16H30N2S/c1-19-13-9-8-12(11-13)18-16-6-3-2-5-14(16)15-7-4-10-17-15/h12-18H,2-11H2,1H3. The average Bonchev–Trinajstić information content (AvgIpc) is 3.10. The van der Waals surface area contributed by atoms with Gasteiger partial charge in [-0.15, -0.1) is 0 Å². The minimum absolute atomic E-state index is 0.801. The van der Waals surface area contributed by atoms with Gasteiger partial charge in [-0.2, -0.15) is 11.8 Å². The molecule has 1 heterocycles. The fourth-order valence-electron chi connectivity index (χ4n) is 4.53. The Morgan fingerprint density at radius 1 is 1.00 bits per heavy atom. The van der Waals surface area contributed by atoms with E-state index in [4.69, 9.17) is 0 Å². The highest BCUT2D eigenvalue weighted by molar-refractivity contribution is 7.99. The summed E-state index contributed by atoms with van der Waals surface area (Å²) in [6.45, 7) is 1.26.